The predicted octanol–water partition coefficient (Wildman–Crippen LogP) is 2.43. The smallest absolute Gasteiger partial charge is 0.221 e. The van der Waals surface area contributed by atoms with Gasteiger partial charge in [-0.1, -0.05) is 25.8 Å². The average Bonchev–Trinajstić information content (AvgIpc) is 2.38. The number of ether oxygens (including phenoxy) is 2. The lowest BCUT2D eigenvalue weighted by atomic mass is 10.1. The molecule has 19 heavy (non-hydrogen) atoms. The van der Waals surface area contributed by atoms with Gasteiger partial charge in [-0.05, 0) is 30.5 Å². The summed E-state index contributed by atoms with van der Waals surface area (Å²) in [7, 11) is 0. The van der Waals surface area contributed by atoms with Gasteiger partial charge in [0.15, 0.2) is 11.5 Å². The van der Waals surface area contributed by atoms with E-state index in [1.54, 1.807) is 0 Å². The summed E-state index contributed by atoms with van der Waals surface area (Å²) in [5, 5.41) is 0. The van der Waals surface area contributed by atoms with E-state index < -0.39 is 0 Å². The fraction of sp³-hybridized carbons (Fsp3) is 0.533. The van der Waals surface area contributed by atoms with Crippen LogP contribution in [-0.4, -0.2) is 18.6 Å². The van der Waals surface area contributed by atoms with Crippen LogP contribution in [0.15, 0.2) is 18.2 Å². The van der Waals surface area contributed by atoms with Gasteiger partial charge in [-0.25, -0.2) is 0 Å². The van der Waals surface area contributed by atoms with Gasteiger partial charge in [0.25, 0.3) is 0 Å². The van der Waals surface area contributed by atoms with Crippen molar-refractivity contribution in [2.45, 2.75) is 45.1 Å². The van der Waals surface area contributed by atoms with Crippen molar-refractivity contribution in [2.24, 2.45) is 5.73 Å². The zero-order valence-corrected chi connectivity index (χ0v) is 11.4. The number of carbonyl (C=O) groups excluding carboxylic acids is 1. The van der Waals surface area contributed by atoms with Crippen molar-refractivity contribution < 1.29 is 14.3 Å². The number of amides is 1. The van der Waals surface area contributed by atoms with E-state index in [1.165, 1.54) is 12.8 Å². The lowest BCUT2D eigenvalue weighted by Gasteiger charge is -2.27. The summed E-state index contributed by atoms with van der Waals surface area (Å²) < 4.78 is 11.6. The van der Waals surface area contributed by atoms with Crippen molar-refractivity contribution in [1.29, 1.82) is 0 Å². The van der Waals surface area contributed by atoms with Gasteiger partial charge < -0.3 is 15.2 Å². The first kappa shape index (κ1) is 13.7. The number of hydrogen-bond donors (Lipinski definition) is 1. The number of primary amides is 1. The minimum atomic E-state index is -0.337. The number of carbonyl (C=O) groups is 1. The maximum Gasteiger partial charge on any atom is 0.221 e. The predicted molar refractivity (Wildman–Crippen MR) is 73.4 cm³/mol. The Kier molecular flexibility index (Phi) is 4.66. The molecule has 2 rings (SSSR count). The summed E-state index contributed by atoms with van der Waals surface area (Å²) in [5.74, 6) is 1.14. The Bertz CT molecular complexity index is 445. The summed E-state index contributed by atoms with van der Waals surface area (Å²) in [6, 6.07) is 5.55. The van der Waals surface area contributed by atoms with Gasteiger partial charge in [0.05, 0.1) is 6.42 Å². The maximum atomic E-state index is 10.9. The molecule has 0 radical (unpaired) electrons. The van der Waals surface area contributed by atoms with Crippen molar-refractivity contribution in [3.8, 4) is 11.5 Å². The third kappa shape index (κ3) is 3.88. The van der Waals surface area contributed by atoms with Crippen molar-refractivity contribution in [3.05, 3.63) is 23.8 Å². The molecule has 4 heteroatoms. The molecule has 1 aromatic rings. The molecule has 0 saturated carbocycles. The molecule has 0 fully saturated rings. The molecule has 0 saturated heterocycles. The van der Waals surface area contributed by atoms with E-state index in [0.29, 0.717) is 6.61 Å². The second kappa shape index (κ2) is 6.45. The van der Waals surface area contributed by atoms with Gasteiger partial charge >= 0.3 is 0 Å². The first-order valence-electron chi connectivity index (χ1n) is 6.89. The SMILES string of the molecule is CCCCCC1COc2ccc(CC(N)=O)cc2O1. The zero-order chi connectivity index (χ0) is 13.7. The van der Waals surface area contributed by atoms with Crippen molar-refractivity contribution in [2.75, 3.05) is 6.61 Å². The molecular weight excluding hydrogens is 242 g/mol. The van der Waals surface area contributed by atoms with Crippen LogP contribution in [0, 0.1) is 0 Å². The lowest BCUT2D eigenvalue weighted by molar-refractivity contribution is -0.117. The summed E-state index contributed by atoms with van der Waals surface area (Å²) in [5.41, 5.74) is 6.06. The maximum absolute atomic E-state index is 10.9. The van der Waals surface area contributed by atoms with Crippen LogP contribution in [0.1, 0.15) is 38.2 Å². The molecule has 0 spiro atoms. The summed E-state index contributed by atoms with van der Waals surface area (Å²) in [6.07, 6.45) is 4.93. The molecule has 4 nitrogen and oxygen atoms in total. The third-order valence-corrected chi connectivity index (χ3v) is 3.23. The van der Waals surface area contributed by atoms with Crippen LogP contribution in [0.25, 0.3) is 0 Å². The fourth-order valence-corrected chi connectivity index (χ4v) is 2.24. The van der Waals surface area contributed by atoms with Crippen LogP contribution < -0.4 is 15.2 Å². The second-order valence-corrected chi connectivity index (χ2v) is 4.97. The van der Waals surface area contributed by atoms with Gasteiger partial charge in [-0.3, -0.25) is 4.79 Å². The molecule has 1 aromatic carbocycles. The molecule has 2 N–H and O–H groups in total. The topological polar surface area (TPSA) is 61.5 Å². The van der Waals surface area contributed by atoms with Gasteiger partial charge in [0.2, 0.25) is 5.91 Å². The first-order chi connectivity index (χ1) is 9.19. The van der Waals surface area contributed by atoms with E-state index in [0.717, 1.165) is 29.9 Å². The highest BCUT2D eigenvalue weighted by Crippen LogP contribution is 2.33. The standard InChI is InChI=1S/C15H21NO3/c1-2-3-4-5-12-10-18-13-7-6-11(9-15(16)17)8-14(13)19-12/h6-8,12H,2-5,9-10H2,1H3,(H2,16,17). The molecule has 0 bridgehead atoms. The van der Waals surface area contributed by atoms with Crippen LogP contribution in [0.3, 0.4) is 0 Å². The van der Waals surface area contributed by atoms with Crippen LogP contribution in [0.2, 0.25) is 0 Å². The third-order valence-electron chi connectivity index (χ3n) is 3.23. The largest absolute Gasteiger partial charge is 0.486 e. The molecule has 1 aliphatic heterocycles. The van der Waals surface area contributed by atoms with E-state index in [-0.39, 0.29) is 18.4 Å². The highest BCUT2D eigenvalue weighted by molar-refractivity contribution is 5.76. The minimum Gasteiger partial charge on any atom is -0.486 e. The van der Waals surface area contributed by atoms with Gasteiger partial charge in [0, 0.05) is 0 Å². The van der Waals surface area contributed by atoms with E-state index in [4.69, 9.17) is 15.2 Å². The Morgan fingerprint density at radius 1 is 1.37 bits per heavy atom. The Balaban J connectivity index is 1.99. The molecular formula is C15H21NO3. The second-order valence-electron chi connectivity index (χ2n) is 4.97. The lowest BCUT2D eigenvalue weighted by Crippen LogP contribution is -2.29. The van der Waals surface area contributed by atoms with Crippen LogP contribution in [-0.2, 0) is 11.2 Å². The molecule has 1 aliphatic rings. The van der Waals surface area contributed by atoms with E-state index in [1.807, 2.05) is 18.2 Å². The Labute approximate surface area is 113 Å². The fourth-order valence-electron chi connectivity index (χ4n) is 2.24. The van der Waals surface area contributed by atoms with Crippen molar-refractivity contribution in [3.63, 3.8) is 0 Å². The minimum absolute atomic E-state index is 0.114. The molecule has 0 aromatic heterocycles. The molecule has 1 atom stereocenters. The van der Waals surface area contributed by atoms with Gasteiger partial charge in [-0.15, -0.1) is 0 Å². The highest BCUT2D eigenvalue weighted by atomic mass is 16.6. The van der Waals surface area contributed by atoms with Crippen molar-refractivity contribution >= 4 is 5.91 Å². The normalized spacial score (nSPS) is 17.2. The van der Waals surface area contributed by atoms with E-state index in [2.05, 4.69) is 6.92 Å². The van der Waals surface area contributed by atoms with Crippen LogP contribution >= 0.6 is 0 Å². The summed E-state index contributed by atoms with van der Waals surface area (Å²) in [6.45, 7) is 2.79. The number of benzene rings is 1. The Morgan fingerprint density at radius 3 is 2.95 bits per heavy atom. The van der Waals surface area contributed by atoms with Crippen LogP contribution in [0.5, 0.6) is 11.5 Å². The van der Waals surface area contributed by atoms with Gasteiger partial charge in [-0.2, -0.15) is 0 Å². The van der Waals surface area contributed by atoms with Crippen LogP contribution in [0.4, 0.5) is 0 Å². The molecule has 0 aliphatic carbocycles. The monoisotopic (exact) mass is 263 g/mol. The van der Waals surface area contributed by atoms with Gasteiger partial charge in [0.1, 0.15) is 12.7 Å². The summed E-state index contributed by atoms with van der Waals surface area (Å²) >= 11 is 0. The zero-order valence-electron chi connectivity index (χ0n) is 11.4. The molecule has 1 amide bonds. The van der Waals surface area contributed by atoms with E-state index in [9.17, 15) is 4.79 Å². The molecule has 1 heterocycles. The first-order valence-corrected chi connectivity index (χ1v) is 6.89. The number of rotatable bonds is 6. The Hall–Kier alpha value is -1.71. The van der Waals surface area contributed by atoms with E-state index >= 15 is 0 Å². The molecule has 1 unspecified atom stereocenters. The number of hydrogen-bond acceptors (Lipinski definition) is 3. The van der Waals surface area contributed by atoms with Crippen molar-refractivity contribution in [1.82, 2.24) is 0 Å². The number of nitrogens with two attached hydrogens (primary N) is 1. The summed E-state index contributed by atoms with van der Waals surface area (Å²) in [4.78, 5) is 10.9. The number of unbranched alkanes of at least 4 members (excludes halogenated alkanes) is 2. The molecule has 104 valence electrons. The quantitative estimate of drug-likeness (QED) is 0.802. The Morgan fingerprint density at radius 2 is 2.21 bits per heavy atom. The highest BCUT2D eigenvalue weighted by Gasteiger charge is 2.20. The average molecular weight is 263 g/mol. The number of fused-ring (bicyclic) bond motifs is 1.